The van der Waals surface area contributed by atoms with Crippen LogP contribution in [0.25, 0.3) is 0 Å². The molecule has 0 aromatic carbocycles. The molecule has 2 nitrogen and oxygen atoms in total. The number of nitrogens with zero attached hydrogens (tertiary/aromatic N) is 1. The quantitative estimate of drug-likeness (QED) is 0.348. The molecule has 0 aliphatic carbocycles. The molecular weight excluding hydrogens is 157 g/mol. The number of hydrogen-bond acceptors (Lipinski definition) is 1. The van der Waals surface area contributed by atoms with Crippen LogP contribution in [0.1, 0.15) is 5.69 Å². The van der Waals surface area contributed by atoms with Crippen molar-refractivity contribution in [2.75, 3.05) is 0 Å². The first kappa shape index (κ1) is 7.28. The van der Waals surface area contributed by atoms with Gasteiger partial charge in [0.05, 0.1) is 0 Å². The lowest BCUT2D eigenvalue weighted by Gasteiger charge is -2.00. The molecule has 1 aromatic heterocycles. The Balaban J connectivity index is 3.14. The molecule has 0 spiro atoms. The van der Waals surface area contributed by atoms with Crippen LogP contribution in [0.4, 0.5) is 4.39 Å². The van der Waals surface area contributed by atoms with Crippen molar-refractivity contribution in [3.05, 3.63) is 34.3 Å². The predicted octanol–water partition coefficient (Wildman–Crippen LogP) is 1.44. The van der Waals surface area contributed by atoms with Crippen molar-refractivity contribution < 1.29 is 9.12 Å². The third-order valence-electron chi connectivity index (χ3n) is 1.11. The highest BCUT2D eigenvalue weighted by molar-refractivity contribution is 6.28. The molecule has 0 aliphatic rings. The number of halogens is 2. The van der Waals surface area contributed by atoms with Crippen molar-refractivity contribution >= 4 is 11.6 Å². The summed E-state index contributed by atoms with van der Waals surface area (Å²) in [6.07, 6.45) is 0. The Hall–Kier alpha value is -0.830. The normalized spacial score (nSPS) is 9.80. The van der Waals surface area contributed by atoms with Crippen molar-refractivity contribution in [2.24, 2.45) is 0 Å². The van der Waals surface area contributed by atoms with Crippen LogP contribution in [0.5, 0.6) is 0 Å². The molecule has 0 amide bonds. The monoisotopic (exact) mass is 161 g/mol. The molecule has 1 heterocycles. The zero-order valence-electron chi connectivity index (χ0n) is 5.05. The van der Waals surface area contributed by atoms with Crippen molar-refractivity contribution in [2.45, 2.75) is 6.67 Å². The van der Waals surface area contributed by atoms with Crippen molar-refractivity contribution in [1.82, 2.24) is 0 Å². The third kappa shape index (κ3) is 1.19. The van der Waals surface area contributed by atoms with Gasteiger partial charge in [-0.2, -0.15) is 4.73 Å². The van der Waals surface area contributed by atoms with E-state index in [9.17, 15) is 9.60 Å². The van der Waals surface area contributed by atoms with Crippen molar-refractivity contribution in [3.8, 4) is 0 Å². The molecule has 0 radical (unpaired) electrons. The second-order valence-electron chi connectivity index (χ2n) is 1.77. The lowest BCUT2D eigenvalue weighted by Crippen LogP contribution is -2.32. The van der Waals surface area contributed by atoms with Crippen LogP contribution in [0, 0.1) is 5.21 Å². The van der Waals surface area contributed by atoms with Crippen LogP contribution in [-0.4, -0.2) is 0 Å². The van der Waals surface area contributed by atoms with E-state index in [1.165, 1.54) is 18.2 Å². The first-order valence-corrected chi connectivity index (χ1v) is 3.06. The lowest BCUT2D eigenvalue weighted by atomic mass is 10.4. The minimum Gasteiger partial charge on any atom is -0.617 e. The zero-order valence-corrected chi connectivity index (χ0v) is 5.81. The summed E-state index contributed by atoms with van der Waals surface area (Å²) in [7, 11) is 0. The number of aromatic nitrogens is 1. The molecule has 0 saturated heterocycles. The fourth-order valence-electron chi connectivity index (χ4n) is 0.610. The SMILES string of the molecule is [O-][n+]1c(Cl)cccc1CF. The summed E-state index contributed by atoms with van der Waals surface area (Å²) in [6.45, 7) is -0.788. The molecule has 0 unspecified atom stereocenters. The largest absolute Gasteiger partial charge is 0.617 e. The molecule has 0 saturated carbocycles. The number of alkyl halides is 1. The molecular formula is C6H5ClFNO. The van der Waals surface area contributed by atoms with Crippen LogP contribution >= 0.6 is 11.6 Å². The summed E-state index contributed by atoms with van der Waals surface area (Å²) in [6, 6.07) is 4.33. The molecule has 10 heavy (non-hydrogen) atoms. The summed E-state index contributed by atoms with van der Waals surface area (Å²) >= 11 is 5.38. The molecule has 1 rings (SSSR count). The van der Waals surface area contributed by atoms with Gasteiger partial charge in [-0.05, 0) is 17.7 Å². The van der Waals surface area contributed by atoms with E-state index in [0.29, 0.717) is 4.73 Å². The lowest BCUT2D eigenvalue weighted by molar-refractivity contribution is -0.613. The smallest absolute Gasteiger partial charge is 0.286 e. The van der Waals surface area contributed by atoms with Crippen LogP contribution in [0.2, 0.25) is 5.15 Å². The van der Waals surface area contributed by atoms with Crippen molar-refractivity contribution in [3.63, 3.8) is 0 Å². The van der Waals surface area contributed by atoms with E-state index in [-0.39, 0.29) is 10.8 Å². The Bertz CT molecular complexity index is 241. The Kier molecular flexibility index (Phi) is 2.06. The number of rotatable bonds is 1. The maximum Gasteiger partial charge on any atom is 0.286 e. The summed E-state index contributed by atoms with van der Waals surface area (Å²) < 4.78 is 12.2. The van der Waals surface area contributed by atoms with E-state index in [2.05, 4.69) is 0 Å². The Morgan fingerprint density at radius 1 is 1.60 bits per heavy atom. The van der Waals surface area contributed by atoms with Crippen LogP contribution in [0.3, 0.4) is 0 Å². The van der Waals surface area contributed by atoms with Crippen molar-refractivity contribution in [1.29, 1.82) is 0 Å². The van der Waals surface area contributed by atoms with Crippen LogP contribution in [-0.2, 0) is 6.67 Å². The second-order valence-corrected chi connectivity index (χ2v) is 2.16. The minimum atomic E-state index is -0.788. The van der Waals surface area contributed by atoms with E-state index in [1.807, 2.05) is 0 Å². The maximum absolute atomic E-state index is 11.9. The van der Waals surface area contributed by atoms with Gasteiger partial charge in [0.25, 0.3) is 5.15 Å². The Morgan fingerprint density at radius 3 is 2.80 bits per heavy atom. The van der Waals surface area contributed by atoms with Gasteiger partial charge in [-0.15, -0.1) is 0 Å². The molecule has 0 bridgehead atoms. The summed E-state index contributed by atoms with van der Waals surface area (Å²) in [5.74, 6) is 0. The highest BCUT2D eigenvalue weighted by atomic mass is 35.5. The maximum atomic E-state index is 11.9. The standard InChI is InChI=1S/C6H5ClFNO/c7-6-3-1-2-5(4-8)9(6)10/h1-3H,4H2. The summed E-state index contributed by atoms with van der Waals surface area (Å²) in [5.41, 5.74) is 0.0347. The van der Waals surface area contributed by atoms with E-state index >= 15 is 0 Å². The van der Waals surface area contributed by atoms with Crippen LogP contribution in [0.15, 0.2) is 18.2 Å². The number of pyridine rings is 1. The van der Waals surface area contributed by atoms with Gasteiger partial charge in [-0.25, -0.2) is 4.39 Å². The molecule has 0 fully saturated rings. The van der Waals surface area contributed by atoms with Gasteiger partial charge in [0, 0.05) is 12.1 Å². The highest BCUT2D eigenvalue weighted by Crippen LogP contribution is 2.02. The van der Waals surface area contributed by atoms with Gasteiger partial charge >= 0.3 is 0 Å². The Labute approximate surface area is 62.4 Å². The van der Waals surface area contributed by atoms with E-state index in [4.69, 9.17) is 11.6 Å². The first-order chi connectivity index (χ1) is 4.75. The van der Waals surface area contributed by atoms with Gasteiger partial charge in [-0.3, -0.25) is 0 Å². The zero-order chi connectivity index (χ0) is 7.56. The third-order valence-corrected chi connectivity index (χ3v) is 1.39. The average molecular weight is 162 g/mol. The Morgan fingerprint density at radius 2 is 2.30 bits per heavy atom. The highest BCUT2D eigenvalue weighted by Gasteiger charge is 2.06. The van der Waals surface area contributed by atoms with E-state index in [1.54, 1.807) is 0 Å². The first-order valence-electron chi connectivity index (χ1n) is 2.68. The topological polar surface area (TPSA) is 26.9 Å². The summed E-state index contributed by atoms with van der Waals surface area (Å²) in [5, 5.41) is 10.7. The van der Waals surface area contributed by atoms with E-state index in [0.717, 1.165) is 0 Å². The van der Waals surface area contributed by atoms with Crippen LogP contribution < -0.4 is 4.73 Å². The molecule has 0 atom stereocenters. The fraction of sp³-hybridized carbons (Fsp3) is 0.167. The summed E-state index contributed by atoms with van der Waals surface area (Å²) in [4.78, 5) is 0. The van der Waals surface area contributed by atoms with Gasteiger partial charge in [0.15, 0.2) is 6.67 Å². The van der Waals surface area contributed by atoms with Gasteiger partial charge in [0.2, 0.25) is 5.69 Å². The molecule has 1 aromatic rings. The minimum absolute atomic E-state index is 0.00449. The fourth-order valence-corrected chi connectivity index (χ4v) is 0.791. The average Bonchev–Trinajstić information content (AvgIpc) is 1.95. The second kappa shape index (κ2) is 2.84. The van der Waals surface area contributed by atoms with Gasteiger partial charge in [-0.1, -0.05) is 0 Å². The molecule has 54 valence electrons. The van der Waals surface area contributed by atoms with E-state index < -0.39 is 6.67 Å². The predicted molar refractivity (Wildman–Crippen MR) is 35.2 cm³/mol. The molecule has 0 N–H and O–H groups in total. The van der Waals surface area contributed by atoms with Gasteiger partial charge in [0.1, 0.15) is 0 Å². The number of hydrogen-bond donors (Lipinski definition) is 0. The van der Waals surface area contributed by atoms with Gasteiger partial charge < -0.3 is 5.21 Å². The molecule has 0 aliphatic heterocycles. The molecule has 4 heteroatoms.